The van der Waals surface area contributed by atoms with Crippen LogP contribution in [0, 0.1) is 6.92 Å². The van der Waals surface area contributed by atoms with E-state index in [9.17, 15) is 4.79 Å². The number of nitrogens with zero attached hydrogens (tertiary/aromatic N) is 2. The zero-order chi connectivity index (χ0) is 21.1. The van der Waals surface area contributed by atoms with Crippen LogP contribution in [0.25, 0.3) is 0 Å². The van der Waals surface area contributed by atoms with Gasteiger partial charge in [0, 0.05) is 36.5 Å². The summed E-state index contributed by atoms with van der Waals surface area (Å²) in [6.07, 6.45) is 6.36. The van der Waals surface area contributed by atoms with Crippen molar-refractivity contribution in [2.24, 2.45) is 0 Å². The Morgan fingerprint density at radius 3 is 2.57 bits per heavy atom. The van der Waals surface area contributed by atoms with Crippen LogP contribution in [0.3, 0.4) is 0 Å². The number of benzene rings is 2. The summed E-state index contributed by atoms with van der Waals surface area (Å²) in [5, 5.41) is 3.25. The van der Waals surface area contributed by atoms with E-state index in [0.717, 1.165) is 48.5 Å². The maximum atomic E-state index is 13.0. The molecule has 0 saturated heterocycles. The lowest BCUT2D eigenvalue weighted by Gasteiger charge is -2.41. The van der Waals surface area contributed by atoms with Crippen molar-refractivity contribution in [3.8, 4) is 5.75 Å². The Hall–Kier alpha value is -3.08. The Bertz CT molecular complexity index is 1020. The number of hydrogen-bond donors (Lipinski definition) is 1. The second-order valence-electron chi connectivity index (χ2n) is 8.06. The van der Waals surface area contributed by atoms with E-state index >= 15 is 0 Å². The van der Waals surface area contributed by atoms with Gasteiger partial charge in [-0.3, -0.25) is 4.79 Å². The monoisotopic (exact) mass is 403 g/mol. The molecule has 5 nitrogen and oxygen atoms in total. The van der Waals surface area contributed by atoms with Gasteiger partial charge in [0.25, 0.3) is 5.91 Å². The molecule has 0 radical (unpaired) electrons. The second-order valence-corrected chi connectivity index (χ2v) is 8.06. The van der Waals surface area contributed by atoms with Gasteiger partial charge in [0.2, 0.25) is 0 Å². The number of amides is 1. The zero-order valence-corrected chi connectivity index (χ0v) is 17.9. The summed E-state index contributed by atoms with van der Waals surface area (Å²) in [4.78, 5) is 17.3. The largest absolute Gasteiger partial charge is 0.487 e. The zero-order valence-electron chi connectivity index (χ0n) is 17.9. The summed E-state index contributed by atoms with van der Waals surface area (Å²) in [5.41, 5.74) is 2.62. The number of nitrogens with one attached hydrogen (secondary N) is 1. The number of carbonyl (C=O) groups is 1. The smallest absolute Gasteiger partial charge is 0.251 e. The average Bonchev–Trinajstić information content (AvgIpc) is 3.18. The molecule has 30 heavy (non-hydrogen) atoms. The number of ether oxygens (including phenoxy) is 1. The number of fused-ring (bicyclic) bond motifs is 1. The third-order valence-corrected chi connectivity index (χ3v) is 6.28. The molecule has 1 N–H and O–H groups in total. The fourth-order valence-corrected chi connectivity index (χ4v) is 4.20. The van der Waals surface area contributed by atoms with Crippen molar-refractivity contribution in [3.05, 3.63) is 83.4 Å². The highest BCUT2D eigenvalue weighted by atomic mass is 16.5. The van der Waals surface area contributed by atoms with E-state index in [1.54, 1.807) is 6.20 Å². The molecule has 0 aliphatic carbocycles. The van der Waals surface area contributed by atoms with Crippen LogP contribution >= 0.6 is 0 Å². The van der Waals surface area contributed by atoms with Crippen molar-refractivity contribution < 1.29 is 9.53 Å². The van der Waals surface area contributed by atoms with Crippen molar-refractivity contribution in [1.82, 2.24) is 14.9 Å². The summed E-state index contributed by atoms with van der Waals surface area (Å²) < 4.78 is 8.44. The Morgan fingerprint density at radius 1 is 1.17 bits per heavy atom. The summed E-state index contributed by atoms with van der Waals surface area (Å²) in [6.45, 7) is 7.03. The molecule has 1 aromatic heterocycles. The topological polar surface area (TPSA) is 56.2 Å². The van der Waals surface area contributed by atoms with Crippen LogP contribution in [0.1, 0.15) is 66.5 Å². The lowest BCUT2D eigenvalue weighted by atomic mass is 9.83. The number of imidazole rings is 1. The van der Waals surface area contributed by atoms with Gasteiger partial charge in [-0.25, -0.2) is 4.98 Å². The minimum Gasteiger partial charge on any atom is -0.487 e. The molecule has 3 aromatic rings. The van der Waals surface area contributed by atoms with Crippen molar-refractivity contribution in [1.29, 1.82) is 0 Å². The van der Waals surface area contributed by atoms with Crippen LogP contribution in [0.15, 0.2) is 60.9 Å². The minimum absolute atomic E-state index is 0.0526. The van der Waals surface area contributed by atoms with Crippen LogP contribution in [-0.2, 0) is 6.54 Å². The van der Waals surface area contributed by atoms with E-state index in [0.29, 0.717) is 5.56 Å². The van der Waals surface area contributed by atoms with Gasteiger partial charge in [-0.05, 0) is 43.5 Å². The number of hydrogen-bond acceptors (Lipinski definition) is 3. The van der Waals surface area contributed by atoms with Gasteiger partial charge < -0.3 is 14.6 Å². The molecule has 1 aliphatic rings. The first-order valence-electron chi connectivity index (χ1n) is 10.7. The molecule has 0 saturated carbocycles. The molecular formula is C25H29N3O2. The molecule has 1 unspecified atom stereocenters. The molecule has 2 heterocycles. The van der Waals surface area contributed by atoms with Gasteiger partial charge in [-0.2, -0.15) is 0 Å². The highest BCUT2D eigenvalue weighted by Gasteiger charge is 2.38. The standard InChI is InChI=1S/C25H29N3O2/c1-4-25(5-2)16-22(21-8-6-7-9-23(21)30-25)27-24(29)20-12-10-19(11-13-20)17-28-15-14-26-18(28)3/h6-15,22H,4-5,16-17H2,1-3H3,(H,27,29). The number of carbonyl (C=O) groups excluding carboxylic acids is 1. The summed E-state index contributed by atoms with van der Waals surface area (Å²) >= 11 is 0. The Balaban J connectivity index is 1.51. The normalized spacial score (nSPS) is 17.1. The Kier molecular flexibility index (Phi) is 5.62. The van der Waals surface area contributed by atoms with Crippen molar-refractivity contribution in [2.75, 3.05) is 0 Å². The van der Waals surface area contributed by atoms with E-state index in [1.807, 2.05) is 61.7 Å². The second kappa shape index (κ2) is 8.34. The molecule has 5 heteroatoms. The number of rotatable bonds is 6. The van der Waals surface area contributed by atoms with Gasteiger partial charge in [0.1, 0.15) is 17.2 Å². The third-order valence-electron chi connectivity index (χ3n) is 6.28. The van der Waals surface area contributed by atoms with E-state index in [2.05, 4.69) is 28.7 Å². The molecule has 4 rings (SSSR count). The predicted octanol–water partition coefficient (Wildman–Crippen LogP) is 5.05. The lowest BCUT2D eigenvalue weighted by molar-refractivity contribution is 0.0227. The SMILES string of the molecule is CCC1(CC)CC(NC(=O)c2ccc(Cn3ccnc3C)cc2)c2ccccc2O1. The first-order valence-corrected chi connectivity index (χ1v) is 10.7. The Labute approximate surface area is 178 Å². The molecule has 1 atom stereocenters. The quantitative estimate of drug-likeness (QED) is 0.626. The molecule has 0 spiro atoms. The van der Waals surface area contributed by atoms with Crippen LogP contribution in [-0.4, -0.2) is 21.1 Å². The van der Waals surface area contributed by atoms with Gasteiger partial charge in [0.15, 0.2) is 0 Å². The number of aryl methyl sites for hydroxylation is 1. The fourth-order valence-electron chi connectivity index (χ4n) is 4.20. The van der Waals surface area contributed by atoms with Crippen molar-refractivity contribution >= 4 is 5.91 Å². The van der Waals surface area contributed by atoms with Gasteiger partial charge >= 0.3 is 0 Å². The lowest BCUT2D eigenvalue weighted by Crippen LogP contribution is -2.44. The maximum Gasteiger partial charge on any atom is 0.251 e. The van der Waals surface area contributed by atoms with Gasteiger partial charge in [-0.15, -0.1) is 0 Å². The first kappa shape index (κ1) is 20.2. The summed E-state index contributed by atoms with van der Waals surface area (Å²) in [7, 11) is 0. The van der Waals surface area contributed by atoms with E-state index in [-0.39, 0.29) is 17.6 Å². The first-order chi connectivity index (χ1) is 14.5. The summed E-state index contributed by atoms with van der Waals surface area (Å²) in [6, 6.07) is 15.8. The molecule has 0 fully saturated rings. The molecule has 1 aliphatic heterocycles. The van der Waals surface area contributed by atoms with E-state index in [1.165, 1.54) is 0 Å². The minimum atomic E-state index is -0.237. The van der Waals surface area contributed by atoms with Crippen LogP contribution < -0.4 is 10.1 Å². The third kappa shape index (κ3) is 3.97. The van der Waals surface area contributed by atoms with Crippen LogP contribution in [0.5, 0.6) is 5.75 Å². The van der Waals surface area contributed by atoms with E-state index < -0.39 is 0 Å². The van der Waals surface area contributed by atoms with Gasteiger partial charge in [-0.1, -0.05) is 44.2 Å². The number of para-hydroxylation sites is 1. The highest BCUT2D eigenvalue weighted by Crippen LogP contribution is 2.42. The van der Waals surface area contributed by atoms with Gasteiger partial charge in [0.05, 0.1) is 6.04 Å². The van der Waals surface area contributed by atoms with Crippen molar-refractivity contribution in [3.63, 3.8) is 0 Å². The van der Waals surface area contributed by atoms with Crippen LogP contribution in [0.4, 0.5) is 0 Å². The predicted molar refractivity (Wildman–Crippen MR) is 118 cm³/mol. The molecular weight excluding hydrogens is 374 g/mol. The highest BCUT2D eigenvalue weighted by molar-refractivity contribution is 5.94. The maximum absolute atomic E-state index is 13.0. The Morgan fingerprint density at radius 2 is 1.90 bits per heavy atom. The summed E-state index contributed by atoms with van der Waals surface area (Å²) in [5.74, 6) is 1.80. The molecule has 156 valence electrons. The van der Waals surface area contributed by atoms with Crippen molar-refractivity contribution in [2.45, 2.75) is 58.2 Å². The van der Waals surface area contributed by atoms with E-state index in [4.69, 9.17) is 4.74 Å². The average molecular weight is 404 g/mol. The molecule has 2 aromatic carbocycles. The number of aromatic nitrogens is 2. The van der Waals surface area contributed by atoms with Crippen LogP contribution in [0.2, 0.25) is 0 Å². The fraction of sp³-hybridized carbons (Fsp3) is 0.360. The molecule has 1 amide bonds. The molecule has 0 bridgehead atoms.